The SMILES string of the molecule is C[C@]12COc3cc(F)ccc3[C@H]1C(=O)C2. The Kier molecular flexibility index (Phi) is 1.54. The minimum Gasteiger partial charge on any atom is -0.493 e. The van der Waals surface area contributed by atoms with Crippen molar-refractivity contribution in [1.82, 2.24) is 0 Å². The molecule has 0 unspecified atom stereocenters. The van der Waals surface area contributed by atoms with Gasteiger partial charge in [-0.05, 0) is 6.07 Å². The first-order valence-corrected chi connectivity index (χ1v) is 5.05. The number of ether oxygens (including phenoxy) is 1. The van der Waals surface area contributed by atoms with Crippen LogP contribution in [-0.4, -0.2) is 12.4 Å². The highest BCUT2D eigenvalue weighted by Gasteiger charge is 2.54. The van der Waals surface area contributed by atoms with Crippen LogP contribution in [0.2, 0.25) is 0 Å². The van der Waals surface area contributed by atoms with Gasteiger partial charge in [0.1, 0.15) is 17.3 Å². The number of rotatable bonds is 0. The summed E-state index contributed by atoms with van der Waals surface area (Å²) in [7, 11) is 0. The van der Waals surface area contributed by atoms with Crippen LogP contribution >= 0.6 is 0 Å². The van der Waals surface area contributed by atoms with Crippen LogP contribution in [0.4, 0.5) is 4.39 Å². The second kappa shape index (κ2) is 2.60. The molecule has 15 heavy (non-hydrogen) atoms. The van der Waals surface area contributed by atoms with Crippen molar-refractivity contribution in [1.29, 1.82) is 0 Å². The van der Waals surface area contributed by atoms with Crippen LogP contribution in [0.3, 0.4) is 0 Å². The minimum absolute atomic E-state index is 0.0675. The lowest BCUT2D eigenvalue weighted by atomic mass is 9.57. The number of hydrogen-bond donors (Lipinski definition) is 0. The molecule has 1 aromatic rings. The third kappa shape index (κ3) is 1.06. The monoisotopic (exact) mass is 206 g/mol. The van der Waals surface area contributed by atoms with Gasteiger partial charge < -0.3 is 4.74 Å². The predicted molar refractivity (Wildman–Crippen MR) is 52.4 cm³/mol. The smallest absolute Gasteiger partial charge is 0.141 e. The maximum atomic E-state index is 13.0. The standard InChI is InChI=1S/C12H11FO2/c1-12-5-9(14)11(12)8-3-2-7(13)4-10(8)15-6-12/h2-4,11H,5-6H2,1H3/t11-,12-/m0/s1. The van der Waals surface area contributed by atoms with Crippen molar-refractivity contribution in [2.24, 2.45) is 5.41 Å². The zero-order valence-corrected chi connectivity index (χ0v) is 8.42. The van der Waals surface area contributed by atoms with Gasteiger partial charge in [0.05, 0.1) is 12.5 Å². The number of carbonyl (C=O) groups is 1. The Hall–Kier alpha value is -1.38. The van der Waals surface area contributed by atoms with E-state index >= 15 is 0 Å². The van der Waals surface area contributed by atoms with Gasteiger partial charge >= 0.3 is 0 Å². The summed E-state index contributed by atoms with van der Waals surface area (Å²) in [5.41, 5.74) is 0.781. The van der Waals surface area contributed by atoms with E-state index in [0.29, 0.717) is 18.8 Å². The molecule has 1 heterocycles. The van der Waals surface area contributed by atoms with Crippen LogP contribution in [0.15, 0.2) is 18.2 Å². The molecular weight excluding hydrogens is 195 g/mol. The quantitative estimate of drug-likeness (QED) is 0.651. The Balaban J connectivity index is 2.12. The predicted octanol–water partition coefficient (Wildman–Crippen LogP) is 2.28. The van der Waals surface area contributed by atoms with Crippen LogP contribution in [0.1, 0.15) is 24.8 Å². The fraction of sp³-hybridized carbons (Fsp3) is 0.417. The average molecular weight is 206 g/mol. The molecule has 3 rings (SSSR count). The van der Waals surface area contributed by atoms with Crippen molar-refractivity contribution >= 4 is 5.78 Å². The molecule has 0 radical (unpaired) electrons. The molecule has 78 valence electrons. The van der Waals surface area contributed by atoms with E-state index in [2.05, 4.69) is 0 Å². The average Bonchev–Trinajstić information content (AvgIpc) is 2.17. The first-order valence-electron chi connectivity index (χ1n) is 5.05. The summed E-state index contributed by atoms with van der Waals surface area (Å²) < 4.78 is 18.5. The summed E-state index contributed by atoms with van der Waals surface area (Å²) >= 11 is 0. The lowest BCUT2D eigenvalue weighted by Gasteiger charge is -2.48. The van der Waals surface area contributed by atoms with Gasteiger partial charge in [-0.3, -0.25) is 4.79 Å². The summed E-state index contributed by atoms with van der Waals surface area (Å²) in [6.07, 6.45) is 0.578. The molecule has 2 aliphatic rings. The molecule has 1 aliphatic heterocycles. The maximum absolute atomic E-state index is 13.0. The van der Waals surface area contributed by atoms with Gasteiger partial charge in [0.25, 0.3) is 0 Å². The Morgan fingerprint density at radius 3 is 3.07 bits per heavy atom. The zero-order chi connectivity index (χ0) is 10.6. The molecule has 2 atom stereocenters. The van der Waals surface area contributed by atoms with Crippen molar-refractivity contribution in [2.45, 2.75) is 19.3 Å². The summed E-state index contributed by atoms with van der Waals surface area (Å²) in [5.74, 6) is 0.380. The number of ketones is 1. The Bertz CT molecular complexity index is 455. The molecule has 0 aromatic heterocycles. The van der Waals surface area contributed by atoms with Crippen LogP contribution in [-0.2, 0) is 4.79 Å². The van der Waals surface area contributed by atoms with Gasteiger partial charge in [0.15, 0.2) is 0 Å². The molecule has 0 amide bonds. The Morgan fingerprint density at radius 1 is 1.53 bits per heavy atom. The highest BCUT2D eigenvalue weighted by molar-refractivity contribution is 5.94. The van der Waals surface area contributed by atoms with E-state index in [4.69, 9.17) is 4.74 Å². The number of Topliss-reactive ketones (excluding diaryl/α,β-unsaturated/α-hetero) is 1. The first-order chi connectivity index (χ1) is 7.10. The third-order valence-electron chi connectivity index (χ3n) is 3.44. The normalized spacial score (nSPS) is 32.4. The van der Waals surface area contributed by atoms with E-state index in [0.717, 1.165) is 5.56 Å². The minimum atomic E-state index is -0.316. The van der Waals surface area contributed by atoms with Gasteiger partial charge in [-0.1, -0.05) is 13.0 Å². The second-order valence-electron chi connectivity index (χ2n) is 4.70. The fourth-order valence-corrected chi connectivity index (χ4v) is 2.66. The molecule has 2 nitrogen and oxygen atoms in total. The number of fused-ring (bicyclic) bond motifs is 3. The zero-order valence-electron chi connectivity index (χ0n) is 8.42. The van der Waals surface area contributed by atoms with E-state index in [1.165, 1.54) is 12.1 Å². The van der Waals surface area contributed by atoms with Gasteiger partial charge in [-0.25, -0.2) is 4.39 Å². The molecule has 1 fully saturated rings. The molecule has 0 N–H and O–H groups in total. The van der Waals surface area contributed by atoms with Gasteiger partial charge in [-0.15, -0.1) is 0 Å². The molecule has 0 saturated heterocycles. The van der Waals surface area contributed by atoms with Gasteiger partial charge in [-0.2, -0.15) is 0 Å². The second-order valence-corrected chi connectivity index (χ2v) is 4.70. The van der Waals surface area contributed by atoms with Crippen LogP contribution in [0.5, 0.6) is 5.75 Å². The number of hydrogen-bond acceptors (Lipinski definition) is 2. The van der Waals surface area contributed by atoms with Crippen molar-refractivity contribution in [3.8, 4) is 5.75 Å². The maximum Gasteiger partial charge on any atom is 0.141 e. The first kappa shape index (κ1) is 8.89. The van der Waals surface area contributed by atoms with E-state index < -0.39 is 0 Å². The van der Waals surface area contributed by atoms with Crippen molar-refractivity contribution < 1.29 is 13.9 Å². The Labute approximate surface area is 87.0 Å². The summed E-state index contributed by atoms with van der Waals surface area (Å²) in [6.45, 7) is 2.56. The van der Waals surface area contributed by atoms with E-state index in [9.17, 15) is 9.18 Å². The van der Waals surface area contributed by atoms with E-state index in [1.54, 1.807) is 6.07 Å². The molecule has 1 saturated carbocycles. The van der Waals surface area contributed by atoms with Crippen LogP contribution in [0.25, 0.3) is 0 Å². The number of halogens is 1. The molecule has 1 aromatic carbocycles. The van der Waals surface area contributed by atoms with E-state index in [1.807, 2.05) is 6.92 Å². The molecule has 3 heteroatoms. The lowest BCUT2D eigenvalue weighted by molar-refractivity contribution is -0.139. The topological polar surface area (TPSA) is 26.3 Å². The molecule has 1 aliphatic carbocycles. The van der Waals surface area contributed by atoms with Crippen molar-refractivity contribution in [3.05, 3.63) is 29.6 Å². The van der Waals surface area contributed by atoms with Crippen molar-refractivity contribution in [2.75, 3.05) is 6.61 Å². The highest BCUT2D eigenvalue weighted by Crippen LogP contribution is 2.55. The van der Waals surface area contributed by atoms with Crippen molar-refractivity contribution in [3.63, 3.8) is 0 Å². The van der Waals surface area contributed by atoms with Crippen LogP contribution in [0, 0.1) is 11.2 Å². The highest BCUT2D eigenvalue weighted by atomic mass is 19.1. The number of benzene rings is 1. The molecule has 0 spiro atoms. The van der Waals surface area contributed by atoms with E-state index in [-0.39, 0.29) is 22.9 Å². The lowest BCUT2D eigenvalue weighted by Crippen LogP contribution is -2.50. The summed E-state index contributed by atoms with van der Waals surface area (Å²) in [6, 6.07) is 4.42. The molecule has 0 bridgehead atoms. The summed E-state index contributed by atoms with van der Waals surface area (Å²) in [4.78, 5) is 11.6. The fourth-order valence-electron chi connectivity index (χ4n) is 2.66. The third-order valence-corrected chi connectivity index (χ3v) is 3.44. The largest absolute Gasteiger partial charge is 0.493 e. The summed E-state index contributed by atoms with van der Waals surface area (Å²) in [5, 5.41) is 0. The molecular formula is C12H11FO2. The van der Waals surface area contributed by atoms with Crippen LogP contribution < -0.4 is 4.74 Å². The van der Waals surface area contributed by atoms with Gasteiger partial charge in [0, 0.05) is 23.5 Å². The van der Waals surface area contributed by atoms with Gasteiger partial charge in [0.2, 0.25) is 0 Å². The number of carbonyl (C=O) groups excluding carboxylic acids is 1. The Morgan fingerprint density at radius 2 is 2.33 bits per heavy atom.